The molecule has 0 saturated carbocycles. The highest BCUT2D eigenvalue weighted by molar-refractivity contribution is 5.93. The van der Waals surface area contributed by atoms with Crippen molar-refractivity contribution in [1.82, 2.24) is 14.9 Å². The molecule has 1 aromatic heterocycles. The molecule has 7 nitrogen and oxygen atoms in total. The molecule has 0 radical (unpaired) electrons. The van der Waals surface area contributed by atoms with Gasteiger partial charge in [0.05, 0.1) is 19.3 Å². The SMILES string of the molecule is NC(=O)[C@]1(Cc2ccc(-c3ccccc3)cc2)CN(C(=O)c2cnccn2)CCO1. The van der Waals surface area contributed by atoms with Crippen LogP contribution in [-0.4, -0.2) is 52.0 Å². The van der Waals surface area contributed by atoms with Gasteiger partial charge >= 0.3 is 0 Å². The predicted molar refractivity (Wildman–Crippen MR) is 111 cm³/mol. The zero-order valence-corrected chi connectivity index (χ0v) is 16.4. The molecule has 152 valence electrons. The largest absolute Gasteiger partial charge is 0.367 e. The summed E-state index contributed by atoms with van der Waals surface area (Å²) >= 11 is 0. The maximum atomic E-state index is 12.8. The number of rotatable bonds is 5. The lowest BCUT2D eigenvalue weighted by atomic mass is 9.90. The van der Waals surface area contributed by atoms with E-state index in [-0.39, 0.29) is 31.2 Å². The van der Waals surface area contributed by atoms with Crippen LogP contribution in [0.5, 0.6) is 0 Å². The Bertz CT molecular complexity index is 1030. The van der Waals surface area contributed by atoms with Gasteiger partial charge in [-0.25, -0.2) is 4.98 Å². The number of carbonyl (C=O) groups excluding carboxylic acids is 2. The summed E-state index contributed by atoms with van der Waals surface area (Å²) in [6, 6.07) is 18.0. The number of amides is 2. The summed E-state index contributed by atoms with van der Waals surface area (Å²) in [6.07, 6.45) is 4.65. The number of hydrogen-bond donors (Lipinski definition) is 1. The fourth-order valence-electron chi connectivity index (χ4n) is 3.65. The molecule has 1 saturated heterocycles. The van der Waals surface area contributed by atoms with Gasteiger partial charge in [-0.3, -0.25) is 14.6 Å². The normalized spacial score (nSPS) is 18.7. The van der Waals surface area contributed by atoms with E-state index in [2.05, 4.69) is 9.97 Å². The first-order valence-corrected chi connectivity index (χ1v) is 9.71. The third-order valence-electron chi connectivity index (χ3n) is 5.26. The van der Waals surface area contributed by atoms with Crippen molar-refractivity contribution in [3.8, 4) is 11.1 Å². The number of aromatic nitrogens is 2. The molecule has 2 amide bonds. The molecule has 1 fully saturated rings. The molecule has 1 aliphatic heterocycles. The van der Waals surface area contributed by atoms with Crippen molar-refractivity contribution in [2.24, 2.45) is 5.73 Å². The van der Waals surface area contributed by atoms with E-state index in [4.69, 9.17) is 10.5 Å². The Morgan fingerprint density at radius 2 is 1.77 bits per heavy atom. The van der Waals surface area contributed by atoms with E-state index in [0.717, 1.165) is 16.7 Å². The number of ether oxygens (including phenoxy) is 1. The highest BCUT2D eigenvalue weighted by atomic mass is 16.5. The molecule has 1 aliphatic rings. The van der Waals surface area contributed by atoms with Gasteiger partial charge in [0.25, 0.3) is 11.8 Å². The minimum Gasteiger partial charge on any atom is -0.367 e. The number of primary amides is 1. The van der Waals surface area contributed by atoms with Crippen LogP contribution in [0.2, 0.25) is 0 Å². The van der Waals surface area contributed by atoms with Gasteiger partial charge < -0.3 is 15.4 Å². The van der Waals surface area contributed by atoms with E-state index in [1.54, 1.807) is 4.90 Å². The van der Waals surface area contributed by atoms with Gasteiger partial charge in [-0.2, -0.15) is 0 Å². The fraction of sp³-hybridized carbons (Fsp3) is 0.217. The van der Waals surface area contributed by atoms with Gasteiger partial charge in [-0.1, -0.05) is 54.6 Å². The number of benzene rings is 2. The summed E-state index contributed by atoms with van der Waals surface area (Å²) in [7, 11) is 0. The monoisotopic (exact) mass is 402 g/mol. The topological polar surface area (TPSA) is 98.4 Å². The van der Waals surface area contributed by atoms with Crippen molar-refractivity contribution >= 4 is 11.8 Å². The Morgan fingerprint density at radius 3 is 2.43 bits per heavy atom. The third-order valence-corrected chi connectivity index (χ3v) is 5.26. The zero-order chi connectivity index (χ0) is 21.0. The van der Waals surface area contributed by atoms with Crippen LogP contribution in [0.25, 0.3) is 11.1 Å². The van der Waals surface area contributed by atoms with Crippen LogP contribution in [0.4, 0.5) is 0 Å². The first kappa shape index (κ1) is 19.7. The van der Waals surface area contributed by atoms with Crippen LogP contribution in [0.3, 0.4) is 0 Å². The molecule has 0 bridgehead atoms. The Balaban J connectivity index is 1.54. The second-order valence-corrected chi connectivity index (χ2v) is 7.26. The maximum absolute atomic E-state index is 12.8. The van der Waals surface area contributed by atoms with Crippen molar-refractivity contribution in [1.29, 1.82) is 0 Å². The lowest BCUT2D eigenvalue weighted by Gasteiger charge is -2.40. The molecule has 3 aromatic rings. The van der Waals surface area contributed by atoms with Crippen molar-refractivity contribution in [2.45, 2.75) is 12.0 Å². The lowest BCUT2D eigenvalue weighted by molar-refractivity contribution is -0.153. The molecule has 30 heavy (non-hydrogen) atoms. The second-order valence-electron chi connectivity index (χ2n) is 7.26. The van der Waals surface area contributed by atoms with Gasteiger partial charge in [0.2, 0.25) is 0 Å². The minimum atomic E-state index is -1.29. The summed E-state index contributed by atoms with van der Waals surface area (Å²) in [6.45, 7) is 0.645. The molecule has 0 aliphatic carbocycles. The van der Waals surface area contributed by atoms with E-state index in [1.807, 2.05) is 54.6 Å². The van der Waals surface area contributed by atoms with Gasteiger partial charge in [-0.15, -0.1) is 0 Å². The average Bonchev–Trinajstić information content (AvgIpc) is 2.80. The second kappa shape index (κ2) is 8.42. The van der Waals surface area contributed by atoms with Crippen LogP contribution in [0.1, 0.15) is 16.1 Å². The van der Waals surface area contributed by atoms with Crippen LogP contribution >= 0.6 is 0 Å². The summed E-state index contributed by atoms with van der Waals surface area (Å²) in [5, 5.41) is 0. The number of nitrogens with two attached hydrogens (primary N) is 1. The highest BCUT2D eigenvalue weighted by Crippen LogP contribution is 2.26. The number of nitrogens with zero attached hydrogens (tertiary/aromatic N) is 3. The first-order valence-electron chi connectivity index (χ1n) is 9.71. The number of morpholine rings is 1. The molecule has 4 rings (SSSR count). The predicted octanol–water partition coefficient (Wildman–Crippen LogP) is 2.08. The molecular weight excluding hydrogens is 380 g/mol. The first-order chi connectivity index (χ1) is 14.6. The number of hydrogen-bond acceptors (Lipinski definition) is 5. The smallest absolute Gasteiger partial charge is 0.274 e. The van der Waals surface area contributed by atoms with E-state index >= 15 is 0 Å². The third kappa shape index (κ3) is 4.06. The summed E-state index contributed by atoms with van der Waals surface area (Å²) in [5.41, 5.74) is 7.78. The summed E-state index contributed by atoms with van der Waals surface area (Å²) in [4.78, 5) is 34.7. The summed E-state index contributed by atoms with van der Waals surface area (Å²) < 4.78 is 5.86. The molecule has 1 atom stereocenters. The quantitative estimate of drug-likeness (QED) is 0.705. The van der Waals surface area contributed by atoms with Crippen molar-refractivity contribution in [3.63, 3.8) is 0 Å². The zero-order valence-electron chi connectivity index (χ0n) is 16.4. The average molecular weight is 402 g/mol. The highest BCUT2D eigenvalue weighted by Gasteiger charge is 2.44. The lowest BCUT2D eigenvalue weighted by Crippen LogP contribution is -2.61. The molecule has 0 unspecified atom stereocenters. The fourth-order valence-corrected chi connectivity index (χ4v) is 3.65. The van der Waals surface area contributed by atoms with Crippen LogP contribution in [0.15, 0.2) is 73.2 Å². The van der Waals surface area contributed by atoms with E-state index in [9.17, 15) is 9.59 Å². The van der Waals surface area contributed by atoms with Gasteiger partial charge in [0, 0.05) is 25.4 Å². The van der Waals surface area contributed by atoms with Crippen LogP contribution in [-0.2, 0) is 16.0 Å². The number of carbonyl (C=O) groups is 2. The van der Waals surface area contributed by atoms with Crippen molar-refractivity contribution < 1.29 is 14.3 Å². The molecule has 2 N–H and O–H groups in total. The van der Waals surface area contributed by atoms with Gasteiger partial charge in [-0.05, 0) is 16.7 Å². The van der Waals surface area contributed by atoms with Gasteiger partial charge in [0.15, 0.2) is 5.60 Å². The molecule has 0 spiro atoms. The Morgan fingerprint density at radius 1 is 1.03 bits per heavy atom. The van der Waals surface area contributed by atoms with Gasteiger partial charge in [0.1, 0.15) is 5.69 Å². The molecular formula is C23H22N4O3. The summed E-state index contributed by atoms with van der Waals surface area (Å²) in [5.74, 6) is -0.886. The van der Waals surface area contributed by atoms with Crippen LogP contribution < -0.4 is 5.73 Å². The van der Waals surface area contributed by atoms with E-state index in [1.165, 1.54) is 18.6 Å². The Hall–Kier alpha value is -3.58. The van der Waals surface area contributed by atoms with Crippen LogP contribution in [0, 0.1) is 0 Å². The Kier molecular flexibility index (Phi) is 5.54. The van der Waals surface area contributed by atoms with E-state index < -0.39 is 11.5 Å². The molecule has 2 aromatic carbocycles. The molecule has 2 heterocycles. The molecule has 7 heteroatoms. The van der Waals surface area contributed by atoms with Crippen molar-refractivity contribution in [2.75, 3.05) is 19.7 Å². The maximum Gasteiger partial charge on any atom is 0.274 e. The minimum absolute atomic E-state index is 0.0676. The van der Waals surface area contributed by atoms with Crippen molar-refractivity contribution in [3.05, 3.63) is 84.4 Å². The standard InChI is InChI=1S/C23H22N4O3/c24-22(29)23(14-17-6-8-19(9-7-17)18-4-2-1-3-5-18)16-27(12-13-30-23)21(28)20-15-25-10-11-26-20/h1-11,15H,12-14,16H2,(H2,24,29)/t23-/m0/s1. The van der Waals surface area contributed by atoms with E-state index in [0.29, 0.717) is 6.54 Å². The Labute approximate surface area is 174 Å².